The highest BCUT2D eigenvalue weighted by atomic mass is 79.9. The Balaban J connectivity index is 2.34. The van der Waals surface area contributed by atoms with E-state index >= 15 is 0 Å². The first-order valence-electron chi connectivity index (χ1n) is 6.03. The van der Waals surface area contributed by atoms with Crippen LogP contribution in [0.15, 0.2) is 34.3 Å². The van der Waals surface area contributed by atoms with Crippen molar-refractivity contribution in [3.05, 3.63) is 45.7 Å². The Kier molecular flexibility index (Phi) is 4.35. The number of likely N-dealkylation sites (N-methyl/N-ethyl adjacent to an activating group) is 1. The number of benzene rings is 1. The van der Waals surface area contributed by atoms with E-state index in [2.05, 4.69) is 27.3 Å². The fraction of sp³-hybridized carbons (Fsp3) is 0.429. The van der Waals surface area contributed by atoms with Crippen LogP contribution in [0.4, 0.5) is 4.39 Å². The predicted octanol–water partition coefficient (Wildman–Crippen LogP) is 4.35. The monoisotopic (exact) mass is 297 g/mol. The van der Waals surface area contributed by atoms with Crippen LogP contribution in [0.5, 0.6) is 0 Å². The molecule has 1 atom stereocenters. The van der Waals surface area contributed by atoms with Crippen LogP contribution in [0.3, 0.4) is 0 Å². The van der Waals surface area contributed by atoms with Crippen molar-refractivity contribution in [2.45, 2.75) is 31.7 Å². The Morgan fingerprint density at radius 2 is 2.18 bits per heavy atom. The maximum atomic E-state index is 13.9. The van der Waals surface area contributed by atoms with Crippen LogP contribution >= 0.6 is 15.9 Å². The average Bonchev–Trinajstić information content (AvgIpc) is 2.36. The van der Waals surface area contributed by atoms with E-state index in [1.54, 1.807) is 6.07 Å². The first-order valence-corrected chi connectivity index (χ1v) is 6.83. The van der Waals surface area contributed by atoms with Crippen molar-refractivity contribution >= 4 is 15.9 Å². The van der Waals surface area contributed by atoms with E-state index in [4.69, 9.17) is 0 Å². The Morgan fingerprint density at radius 3 is 2.82 bits per heavy atom. The molecule has 1 aromatic carbocycles. The molecule has 1 aliphatic rings. The summed E-state index contributed by atoms with van der Waals surface area (Å²) < 4.78 is 14.8. The number of rotatable bonds is 3. The maximum absolute atomic E-state index is 13.9. The zero-order chi connectivity index (χ0) is 12.3. The molecule has 1 nitrogen and oxygen atoms in total. The average molecular weight is 298 g/mol. The van der Waals surface area contributed by atoms with Crippen LogP contribution in [0, 0.1) is 5.82 Å². The molecule has 1 aromatic rings. The van der Waals surface area contributed by atoms with Crippen LogP contribution in [-0.2, 0) is 0 Å². The van der Waals surface area contributed by atoms with E-state index in [9.17, 15) is 4.39 Å². The minimum Gasteiger partial charge on any atom is -0.310 e. The van der Waals surface area contributed by atoms with Gasteiger partial charge in [0.25, 0.3) is 0 Å². The van der Waals surface area contributed by atoms with Gasteiger partial charge in [0.05, 0.1) is 6.04 Å². The lowest BCUT2D eigenvalue weighted by molar-refractivity contribution is 0.546. The van der Waals surface area contributed by atoms with Gasteiger partial charge in [-0.15, -0.1) is 0 Å². The molecule has 1 unspecified atom stereocenters. The molecule has 3 heteroatoms. The summed E-state index contributed by atoms with van der Waals surface area (Å²) in [5.74, 6) is -0.140. The highest BCUT2D eigenvalue weighted by Gasteiger charge is 2.19. The van der Waals surface area contributed by atoms with E-state index in [0.717, 1.165) is 22.9 Å². The molecule has 0 radical (unpaired) electrons. The smallest absolute Gasteiger partial charge is 0.128 e. The Labute approximate surface area is 110 Å². The van der Waals surface area contributed by atoms with Gasteiger partial charge < -0.3 is 5.32 Å². The first-order chi connectivity index (χ1) is 8.22. The largest absolute Gasteiger partial charge is 0.310 e. The third kappa shape index (κ3) is 2.96. The molecule has 1 N–H and O–H groups in total. The lowest BCUT2D eigenvalue weighted by atomic mass is 9.90. The number of nitrogens with one attached hydrogen (secondary N) is 1. The van der Waals surface area contributed by atoms with Gasteiger partial charge in [0, 0.05) is 10.0 Å². The molecule has 92 valence electrons. The third-order valence-corrected chi connectivity index (χ3v) is 3.75. The van der Waals surface area contributed by atoms with Gasteiger partial charge in [-0.3, -0.25) is 0 Å². The second kappa shape index (κ2) is 5.78. The van der Waals surface area contributed by atoms with Crippen molar-refractivity contribution in [1.29, 1.82) is 0 Å². The Morgan fingerprint density at radius 1 is 1.35 bits per heavy atom. The van der Waals surface area contributed by atoms with Gasteiger partial charge in [-0.1, -0.05) is 27.6 Å². The predicted molar refractivity (Wildman–Crippen MR) is 72.5 cm³/mol. The quantitative estimate of drug-likeness (QED) is 0.818. The zero-order valence-electron chi connectivity index (χ0n) is 9.97. The van der Waals surface area contributed by atoms with Crippen LogP contribution in [0.2, 0.25) is 0 Å². The number of allylic oxidation sites excluding steroid dienone is 1. The van der Waals surface area contributed by atoms with E-state index in [-0.39, 0.29) is 11.9 Å². The molecule has 0 spiro atoms. The number of hydrogen-bond donors (Lipinski definition) is 1. The zero-order valence-corrected chi connectivity index (χ0v) is 11.6. The standard InChI is InChI=1S/C14H17BrFN/c1-17-14(10-5-3-2-4-6-10)12-9-11(15)7-8-13(12)16/h5,7-9,14,17H,2-4,6H2,1H3. The summed E-state index contributed by atoms with van der Waals surface area (Å²) in [6, 6.07) is 5.13. The minimum atomic E-state index is -0.140. The third-order valence-electron chi connectivity index (χ3n) is 3.25. The second-order valence-electron chi connectivity index (χ2n) is 4.41. The normalized spacial score (nSPS) is 17.7. The fourth-order valence-electron chi connectivity index (χ4n) is 2.40. The summed E-state index contributed by atoms with van der Waals surface area (Å²) in [4.78, 5) is 0. The van der Waals surface area contributed by atoms with E-state index in [0.29, 0.717) is 0 Å². The molecule has 0 saturated heterocycles. The first kappa shape index (κ1) is 12.8. The summed E-state index contributed by atoms with van der Waals surface area (Å²) in [7, 11) is 1.89. The minimum absolute atomic E-state index is 0.00722. The summed E-state index contributed by atoms with van der Waals surface area (Å²) in [5, 5.41) is 3.23. The lowest BCUT2D eigenvalue weighted by Gasteiger charge is -2.24. The molecular weight excluding hydrogens is 281 g/mol. The molecule has 0 aromatic heterocycles. The summed E-state index contributed by atoms with van der Waals surface area (Å²) in [6.45, 7) is 0. The van der Waals surface area contributed by atoms with Gasteiger partial charge in [0.2, 0.25) is 0 Å². The van der Waals surface area contributed by atoms with Crippen molar-refractivity contribution in [2.75, 3.05) is 7.05 Å². The van der Waals surface area contributed by atoms with Gasteiger partial charge in [0.15, 0.2) is 0 Å². The van der Waals surface area contributed by atoms with Gasteiger partial charge in [-0.25, -0.2) is 4.39 Å². The molecule has 1 aliphatic carbocycles. The van der Waals surface area contributed by atoms with Crippen LogP contribution in [-0.4, -0.2) is 7.05 Å². The number of hydrogen-bond acceptors (Lipinski definition) is 1. The van der Waals surface area contributed by atoms with Crippen molar-refractivity contribution in [3.63, 3.8) is 0 Å². The highest BCUT2D eigenvalue weighted by Crippen LogP contribution is 2.32. The second-order valence-corrected chi connectivity index (χ2v) is 5.33. The highest BCUT2D eigenvalue weighted by molar-refractivity contribution is 9.10. The fourth-order valence-corrected chi connectivity index (χ4v) is 2.78. The van der Waals surface area contributed by atoms with E-state index in [1.165, 1.54) is 24.5 Å². The molecule has 0 bridgehead atoms. The van der Waals surface area contributed by atoms with Gasteiger partial charge in [0.1, 0.15) is 5.82 Å². The van der Waals surface area contributed by atoms with Crippen molar-refractivity contribution in [1.82, 2.24) is 5.32 Å². The van der Waals surface area contributed by atoms with E-state index in [1.807, 2.05) is 13.1 Å². The molecular formula is C14H17BrFN. The van der Waals surface area contributed by atoms with Crippen LogP contribution in [0.25, 0.3) is 0 Å². The van der Waals surface area contributed by atoms with Crippen molar-refractivity contribution < 1.29 is 4.39 Å². The topological polar surface area (TPSA) is 12.0 Å². The van der Waals surface area contributed by atoms with Crippen LogP contribution in [0.1, 0.15) is 37.3 Å². The van der Waals surface area contributed by atoms with E-state index < -0.39 is 0 Å². The summed E-state index contributed by atoms with van der Waals surface area (Å²) in [5.41, 5.74) is 2.05. The Hall–Kier alpha value is -0.670. The molecule has 0 aliphatic heterocycles. The summed E-state index contributed by atoms with van der Waals surface area (Å²) in [6.07, 6.45) is 6.89. The number of halogens is 2. The van der Waals surface area contributed by atoms with Gasteiger partial charge in [-0.05, 0) is 50.9 Å². The molecule has 0 saturated carbocycles. The molecule has 0 amide bonds. The van der Waals surface area contributed by atoms with Crippen molar-refractivity contribution in [2.24, 2.45) is 0 Å². The van der Waals surface area contributed by atoms with Gasteiger partial charge in [-0.2, -0.15) is 0 Å². The molecule has 17 heavy (non-hydrogen) atoms. The molecule has 0 heterocycles. The molecule has 2 rings (SSSR count). The lowest BCUT2D eigenvalue weighted by Crippen LogP contribution is -2.21. The van der Waals surface area contributed by atoms with Crippen LogP contribution < -0.4 is 5.32 Å². The Bertz CT molecular complexity index is 428. The SMILES string of the molecule is CNC(C1=CCCCC1)c1cc(Br)ccc1F. The van der Waals surface area contributed by atoms with Gasteiger partial charge >= 0.3 is 0 Å². The van der Waals surface area contributed by atoms with Crippen molar-refractivity contribution in [3.8, 4) is 0 Å². The maximum Gasteiger partial charge on any atom is 0.128 e. The molecule has 0 fully saturated rings. The summed E-state index contributed by atoms with van der Waals surface area (Å²) >= 11 is 3.40.